The van der Waals surface area contributed by atoms with Crippen molar-refractivity contribution in [2.45, 2.75) is 40.0 Å². The topological polar surface area (TPSA) is 22.1 Å². The second kappa shape index (κ2) is 5.04. The van der Waals surface area contributed by atoms with Gasteiger partial charge in [-0.1, -0.05) is 20.3 Å². The quantitative estimate of drug-likeness (QED) is 0.678. The first-order chi connectivity index (χ1) is 6.74. The molecule has 0 saturated heterocycles. The van der Waals surface area contributed by atoms with Crippen LogP contribution < -0.4 is 4.65 Å². The molecule has 1 rings (SSSR count). The molecule has 0 bridgehead atoms. The smallest absolute Gasteiger partial charge is 0.374 e. The molecular weight excluding hydrogens is 173 g/mol. The number of aryl methyl sites for hydroxylation is 2. The highest BCUT2D eigenvalue weighted by Gasteiger charge is 2.10. The highest BCUT2D eigenvalue weighted by molar-refractivity contribution is 6.00. The Hall–Kier alpha value is -0.985. The molecular formula is C11H16BNO. The number of nitrogens with zero attached hydrogens (tertiary/aromatic N) is 1. The molecule has 0 unspecified atom stereocenters. The summed E-state index contributed by atoms with van der Waals surface area (Å²) in [5, 5.41) is 0. The first-order valence-electron chi connectivity index (χ1n) is 5.08. The lowest BCUT2D eigenvalue weighted by atomic mass is 10.0. The van der Waals surface area contributed by atoms with Gasteiger partial charge in [-0.2, -0.15) is 0 Å². The highest BCUT2D eigenvalue weighted by atomic mass is 16.4. The lowest BCUT2D eigenvalue weighted by Gasteiger charge is -2.14. The number of aromatic nitrogens is 1. The Labute approximate surface area is 87.1 Å². The summed E-state index contributed by atoms with van der Waals surface area (Å²) in [6, 6.07) is 0. The van der Waals surface area contributed by atoms with Crippen molar-refractivity contribution in [3.63, 3.8) is 0 Å². The number of rotatable bonds is 4. The van der Waals surface area contributed by atoms with E-state index in [1.165, 1.54) is 11.1 Å². The molecule has 1 aromatic heterocycles. The van der Waals surface area contributed by atoms with Crippen molar-refractivity contribution in [2.75, 3.05) is 0 Å². The number of pyridine rings is 1. The van der Waals surface area contributed by atoms with Gasteiger partial charge in [0, 0.05) is 6.20 Å². The molecule has 14 heavy (non-hydrogen) atoms. The monoisotopic (exact) mass is 189 g/mol. The zero-order chi connectivity index (χ0) is 10.6. The standard InChI is InChI=1S/C11H16BNO/c1-4-6-10-9(5-2)7-13-8(3)11(10)14-12/h7H,4-6H2,1-3H3. The molecule has 3 heteroatoms. The van der Waals surface area contributed by atoms with Gasteiger partial charge < -0.3 is 4.65 Å². The van der Waals surface area contributed by atoms with E-state index in [-0.39, 0.29) is 0 Å². The van der Waals surface area contributed by atoms with Gasteiger partial charge in [0.1, 0.15) is 5.75 Å². The molecule has 1 heterocycles. The van der Waals surface area contributed by atoms with Gasteiger partial charge in [-0.3, -0.25) is 4.98 Å². The van der Waals surface area contributed by atoms with E-state index in [4.69, 9.17) is 12.7 Å². The van der Waals surface area contributed by atoms with Gasteiger partial charge in [-0.05, 0) is 30.9 Å². The molecule has 0 fully saturated rings. The van der Waals surface area contributed by atoms with E-state index < -0.39 is 0 Å². The van der Waals surface area contributed by atoms with Gasteiger partial charge in [-0.15, -0.1) is 0 Å². The predicted octanol–water partition coefficient (Wildman–Crippen LogP) is 2.37. The fourth-order valence-electron chi connectivity index (χ4n) is 1.66. The van der Waals surface area contributed by atoms with Crippen LogP contribution in [0.3, 0.4) is 0 Å². The second-order valence-electron chi connectivity index (χ2n) is 3.40. The Bertz CT molecular complexity index is 312. The average molecular weight is 189 g/mol. The lowest BCUT2D eigenvalue weighted by molar-refractivity contribution is 0.589. The Morgan fingerprint density at radius 1 is 1.43 bits per heavy atom. The average Bonchev–Trinajstić information content (AvgIpc) is 2.19. The summed E-state index contributed by atoms with van der Waals surface area (Å²) in [6.45, 7) is 6.18. The van der Waals surface area contributed by atoms with E-state index in [1.54, 1.807) is 0 Å². The van der Waals surface area contributed by atoms with E-state index in [0.717, 1.165) is 30.7 Å². The third-order valence-electron chi connectivity index (χ3n) is 2.40. The zero-order valence-corrected chi connectivity index (χ0v) is 9.13. The van der Waals surface area contributed by atoms with Crippen LogP contribution in [0.4, 0.5) is 0 Å². The first kappa shape index (κ1) is 11.1. The van der Waals surface area contributed by atoms with Crippen molar-refractivity contribution in [3.8, 4) is 5.75 Å². The Balaban J connectivity index is 3.21. The maximum atomic E-state index is 5.27. The summed E-state index contributed by atoms with van der Waals surface area (Å²) < 4.78 is 4.91. The van der Waals surface area contributed by atoms with Crippen molar-refractivity contribution >= 4 is 8.05 Å². The minimum Gasteiger partial charge on any atom is -0.566 e. The summed E-state index contributed by atoms with van der Waals surface area (Å²) in [7, 11) is 5.27. The van der Waals surface area contributed by atoms with Crippen LogP contribution in [0, 0.1) is 6.92 Å². The third kappa shape index (κ3) is 2.09. The van der Waals surface area contributed by atoms with Crippen LogP contribution in [-0.4, -0.2) is 13.0 Å². The lowest BCUT2D eigenvalue weighted by Crippen LogP contribution is -2.02. The molecule has 0 aromatic carbocycles. The normalized spacial score (nSPS) is 10.2. The van der Waals surface area contributed by atoms with Crippen molar-refractivity contribution in [1.82, 2.24) is 4.98 Å². The summed E-state index contributed by atoms with van der Waals surface area (Å²) in [4.78, 5) is 4.26. The largest absolute Gasteiger partial charge is 0.566 e. The Morgan fingerprint density at radius 2 is 2.14 bits per heavy atom. The summed E-state index contributed by atoms with van der Waals surface area (Å²) >= 11 is 0. The van der Waals surface area contributed by atoms with Crippen LogP contribution in [0.25, 0.3) is 0 Å². The van der Waals surface area contributed by atoms with Crippen molar-refractivity contribution < 1.29 is 4.65 Å². The van der Waals surface area contributed by atoms with Gasteiger partial charge in [0.15, 0.2) is 0 Å². The van der Waals surface area contributed by atoms with Crippen LogP contribution in [0.15, 0.2) is 6.20 Å². The van der Waals surface area contributed by atoms with Crippen LogP contribution in [0.2, 0.25) is 0 Å². The van der Waals surface area contributed by atoms with E-state index in [2.05, 4.69) is 18.8 Å². The molecule has 0 aliphatic carbocycles. The molecule has 0 aliphatic rings. The van der Waals surface area contributed by atoms with E-state index >= 15 is 0 Å². The maximum Gasteiger partial charge on any atom is 0.374 e. The van der Waals surface area contributed by atoms with Crippen LogP contribution in [-0.2, 0) is 12.8 Å². The Kier molecular flexibility index (Phi) is 3.99. The SMILES string of the molecule is [B]Oc1c(C)ncc(CC)c1CCC. The van der Waals surface area contributed by atoms with Crippen molar-refractivity contribution in [2.24, 2.45) is 0 Å². The highest BCUT2D eigenvalue weighted by Crippen LogP contribution is 2.26. The van der Waals surface area contributed by atoms with E-state index in [0.29, 0.717) is 0 Å². The fraction of sp³-hybridized carbons (Fsp3) is 0.545. The maximum absolute atomic E-state index is 5.27. The molecule has 2 radical (unpaired) electrons. The summed E-state index contributed by atoms with van der Waals surface area (Å²) in [6.07, 6.45) is 4.98. The molecule has 2 nitrogen and oxygen atoms in total. The van der Waals surface area contributed by atoms with Gasteiger partial charge >= 0.3 is 8.05 Å². The number of hydrogen-bond acceptors (Lipinski definition) is 2. The van der Waals surface area contributed by atoms with Crippen LogP contribution in [0.5, 0.6) is 5.75 Å². The first-order valence-corrected chi connectivity index (χ1v) is 5.08. The zero-order valence-electron chi connectivity index (χ0n) is 9.13. The molecule has 0 amide bonds. The van der Waals surface area contributed by atoms with E-state index in [1.807, 2.05) is 13.1 Å². The van der Waals surface area contributed by atoms with Gasteiger partial charge in [0.2, 0.25) is 0 Å². The molecule has 0 saturated carbocycles. The molecule has 1 aromatic rings. The third-order valence-corrected chi connectivity index (χ3v) is 2.40. The van der Waals surface area contributed by atoms with E-state index in [9.17, 15) is 0 Å². The van der Waals surface area contributed by atoms with Gasteiger partial charge in [0.25, 0.3) is 0 Å². The predicted molar refractivity (Wildman–Crippen MR) is 58.7 cm³/mol. The summed E-state index contributed by atoms with van der Waals surface area (Å²) in [5.41, 5.74) is 3.32. The second-order valence-corrected chi connectivity index (χ2v) is 3.40. The van der Waals surface area contributed by atoms with Gasteiger partial charge in [-0.25, -0.2) is 0 Å². The van der Waals surface area contributed by atoms with Crippen molar-refractivity contribution in [1.29, 1.82) is 0 Å². The summed E-state index contributed by atoms with van der Waals surface area (Å²) in [5.74, 6) is 0.756. The molecule has 0 aliphatic heterocycles. The minimum atomic E-state index is 0.756. The van der Waals surface area contributed by atoms with Crippen LogP contribution in [0.1, 0.15) is 37.1 Å². The van der Waals surface area contributed by atoms with Crippen LogP contribution >= 0.6 is 0 Å². The molecule has 74 valence electrons. The minimum absolute atomic E-state index is 0.756. The fourth-order valence-corrected chi connectivity index (χ4v) is 1.66. The number of hydrogen-bond donors (Lipinski definition) is 0. The van der Waals surface area contributed by atoms with Crippen molar-refractivity contribution in [3.05, 3.63) is 23.0 Å². The Morgan fingerprint density at radius 3 is 2.64 bits per heavy atom. The molecule has 0 spiro atoms. The molecule has 0 N–H and O–H groups in total. The molecule has 0 atom stereocenters. The van der Waals surface area contributed by atoms with Gasteiger partial charge in [0.05, 0.1) is 5.69 Å².